The summed E-state index contributed by atoms with van der Waals surface area (Å²) in [6.45, 7) is 3.19. The van der Waals surface area contributed by atoms with E-state index < -0.39 is 0 Å². The predicted octanol–water partition coefficient (Wildman–Crippen LogP) is 0.978. The summed E-state index contributed by atoms with van der Waals surface area (Å²) in [7, 11) is 4.34. The van der Waals surface area contributed by atoms with Crippen molar-refractivity contribution in [3.63, 3.8) is 0 Å². The van der Waals surface area contributed by atoms with Crippen molar-refractivity contribution < 1.29 is 4.74 Å². The van der Waals surface area contributed by atoms with Crippen molar-refractivity contribution in [3.8, 4) is 5.75 Å². The zero-order valence-electron chi connectivity index (χ0n) is 13.0. The molecule has 0 radical (unpaired) electrons. The maximum Gasteiger partial charge on any atom is 0.120 e. The molecule has 2 aliphatic rings. The van der Waals surface area contributed by atoms with Gasteiger partial charge in [0.2, 0.25) is 0 Å². The van der Waals surface area contributed by atoms with Gasteiger partial charge in [-0.05, 0) is 44.6 Å². The third-order valence-electron chi connectivity index (χ3n) is 4.51. The van der Waals surface area contributed by atoms with Crippen LogP contribution in [0, 0.1) is 0 Å². The van der Waals surface area contributed by atoms with Gasteiger partial charge in [0.05, 0.1) is 12.1 Å². The van der Waals surface area contributed by atoms with Gasteiger partial charge in [-0.3, -0.25) is 16.2 Å². The molecule has 1 aliphatic heterocycles. The van der Waals surface area contributed by atoms with Crippen LogP contribution in [0.25, 0.3) is 0 Å². The largest absolute Gasteiger partial charge is 0.490 e. The molecule has 21 heavy (non-hydrogen) atoms. The van der Waals surface area contributed by atoms with Gasteiger partial charge in [-0.2, -0.15) is 0 Å². The van der Waals surface area contributed by atoms with Crippen molar-refractivity contribution in [2.45, 2.75) is 31.0 Å². The van der Waals surface area contributed by atoms with Crippen LogP contribution in [0.4, 0.5) is 0 Å². The molecular weight excluding hydrogens is 264 g/mol. The second-order valence-electron chi connectivity index (χ2n) is 6.34. The highest BCUT2D eigenvalue weighted by Crippen LogP contribution is 2.30. The Labute approximate surface area is 127 Å². The normalized spacial score (nSPS) is 25.8. The fourth-order valence-corrected chi connectivity index (χ4v) is 2.99. The van der Waals surface area contributed by atoms with Crippen LogP contribution in [-0.2, 0) is 0 Å². The molecule has 0 amide bonds. The van der Waals surface area contributed by atoms with Crippen LogP contribution in [-0.4, -0.2) is 55.7 Å². The maximum atomic E-state index is 5.90. The van der Waals surface area contributed by atoms with Crippen LogP contribution in [0.1, 0.15) is 24.4 Å². The summed E-state index contributed by atoms with van der Waals surface area (Å²) in [5.74, 6) is 6.83. The van der Waals surface area contributed by atoms with Gasteiger partial charge in [-0.1, -0.05) is 12.1 Å². The lowest BCUT2D eigenvalue weighted by Crippen LogP contribution is -2.56. The highest BCUT2D eigenvalue weighted by atomic mass is 16.5. The number of hydrogen-bond donors (Lipinski definition) is 2. The number of benzene rings is 1. The van der Waals surface area contributed by atoms with Crippen LogP contribution in [0.15, 0.2) is 24.3 Å². The van der Waals surface area contributed by atoms with Crippen molar-refractivity contribution in [1.29, 1.82) is 0 Å². The molecular formula is C16H26N4O. The van der Waals surface area contributed by atoms with Crippen LogP contribution in [0.5, 0.6) is 5.75 Å². The first-order chi connectivity index (χ1) is 10.2. The number of hydrogen-bond acceptors (Lipinski definition) is 5. The smallest absolute Gasteiger partial charge is 0.120 e. The Morgan fingerprint density at radius 2 is 2.10 bits per heavy atom. The number of piperazine rings is 1. The van der Waals surface area contributed by atoms with Crippen LogP contribution >= 0.6 is 0 Å². The molecule has 1 aliphatic carbocycles. The Hall–Kier alpha value is -1.14. The van der Waals surface area contributed by atoms with Crippen LogP contribution in [0.3, 0.4) is 0 Å². The fraction of sp³-hybridized carbons (Fsp3) is 0.625. The van der Waals surface area contributed by atoms with Gasteiger partial charge in [0.25, 0.3) is 0 Å². The average Bonchev–Trinajstić information content (AvgIpc) is 3.28. The van der Waals surface area contributed by atoms with E-state index in [0.29, 0.717) is 12.1 Å². The summed E-state index contributed by atoms with van der Waals surface area (Å²) in [6, 6.07) is 8.83. The molecule has 5 nitrogen and oxygen atoms in total. The summed E-state index contributed by atoms with van der Waals surface area (Å²) in [5, 5.41) is 0. The standard InChI is InChI=1S/C16H26N4O/c1-19-8-9-20(2)15(11-19)16(18-17)12-4-3-5-14(10-12)21-13-6-7-13/h3-5,10,13,15-16,18H,6-9,11,17H2,1-2H3. The van der Waals surface area contributed by atoms with Gasteiger partial charge in [-0.15, -0.1) is 0 Å². The average molecular weight is 290 g/mol. The number of hydrazine groups is 1. The van der Waals surface area contributed by atoms with Crippen LogP contribution < -0.4 is 16.0 Å². The van der Waals surface area contributed by atoms with Gasteiger partial charge in [0, 0.05) is 25.7 Å². The molecule has 1 aromatic carbocycles. The number of nitrogens with one attached hydrogen (secondary N) is 1. The molecule has 3 rings (SSSR count). The minimum atomic E-state index is 0.112. The van der Waals surface area contributed by atoms with Crippen molar-refractivity contribution in [1.82, 2.24) is 15.2 Å². The van der Waals surface area contributed by atoms with Crippen molar-refractivity contribution in [2.24, 2.45) is 5.84 Å². The summed E-state index contributed by atoms with van der Waals surface area (Å²) >= 11 is 0. The fourth-order valence-electron chi connectivity index (χ4n) is 2.99. The summed E-state index contributed by atoms with van der Waals surface area (Å²) in [5.41, 5.74) is 4.21. The van der Waals surface area contributed by atoms with Crippen molar-refractivity contribution >= 4 is 0 Å². The summed E-state index contributed by atoms with van der Waals surface area (Å²) < 4.78 is 5.90. The topological polar surface area (TPSA) is 53.8 Å². The SMILES string of the molecule is CN1CCN(C)C(C(NN)c2cccc(OC3CC3)c2)C1. The van der Waals surface area contributed by atoms with E-state index >= 15 is 0 Å². The molecule has 0 spiro atoms. The number of rotatable bonds is 5. The van der Waals surface area contributed by atoms with Gasteiger partial charge < -0.3 is 9.64 Å². The third-order valence-corrected chi connectivity index (χ3v) is 4.51. The van der Waals surface area contributed by atoms with E-state index in [2.05, 4.69) is 47.5 Å². The Morgan fingerprint density at radius 1 is 1.29 bits per heavy atom. The number of likely N-dealkylation sites (N-methyl/N-ethyl adjacent to an activating group) is 2. The summed E-state index contributed by atoms with van der Waals surface area (Å²) in [4.78, 5) is 4.75. The lowest BCUT2D eigenvalue weighted by atomic mass is 9.96. The molecule has 2 fully saturated rings. The molecule has 2 unspecified atom stereocenters. The molecule has 1 aromatic rings. The Kier molecular flexibility index (Phi) is 4.45. The summed E-state index contributed by atoms with van der Waals surface area (Å²) in [6.07, 6.45) is 2.78. The van der Waals surface area contributed by atoms with Gasteiger partial charge >= 0.3 is 0 Å². The number of ether oxygens (including phenoxy) is 1. The second kappa shape index (κ2) is 6.32. The molecule has 0 bridgehead atoms. The van der Waals surface area contributed by atoms with Gasteiger partial charge in [0.1, 0.15) is 5.75 Å². The van der Waals surface area contributed by atoms with E-state index in [1.807, 2.05) is 6.07 Å². The van der Waals surface area contributed by atoms with Crippen LogP contribution in [0.2, 0.25) is 0 Å². The lowest BCUT2D eigenvalue weighted by molar-refractivity contribution is 0.0876. The van der Waals surface area contributed by atoms with Crippen molar-refractivity contribution in [2.75, 3.05) is 33.7 Å². The molecule has 2 atom stereocenters. The van der Waals surface area contributed by atoms with E-state index in [-0.39, 0.29) is 6.04 Å². The highest BCUT2D eigenvalue weighted by Gasteiger charge is 2.31. The quantitative estimate of drug-likeness (QED) is 0.625. The Morgan fingerprint density at radius 3 is 2.81 bits per heavy atom. The monoisotopic (exact) mass is 290 g/mol. The van der Waals surface area contributed by atoms with E-state index in [9.17, 15) is 0 Å². The molecule has 116 valence electrons. The maximum absolute atomic E-state index is 5.90. The number of nitrogens with zero attached hydrogens (tertiary/aromatic N) is 2. The number of nitrogens with two attached hydrogens (primary N) is 1. The zero-order chi connectivity index (χ0) is 14.8. The molecule has 0 aromatic heterocycles. The zero-order valence-corrected chi connectivity index (χ0v) is 13.0. The Balaban J connectivity index is 1.77. The van der Waals surface area contributed by atoms with E-state index in [0.717, 1.165) is 25.4 Å². The van der Waals surface area contributed by atoms with Gasteiger partial charge in [0.15, 0.2) is 0 Å². The lowest BCUT2D eigenvalue weighted by Gasteiger charge is -2.41. The minimum Gasteiger partial charge on any atom is -0.490 e. The predicted molar refractivity (Wildman–Crippen MR) is 84.1 cm³/mol. The van der Waals surface area contributed by atoms with Crippen molar-refractivity contribution in [3.05, 3.63) is 29.8 Å². The Bertz CT molecular complexity index is 477. The first-order valence-corrected chi connectivity index (χ1v) is 7.79. The molecule has 1 heterocycles. The minimum absolute atomic E-state index is 0.112. The third kappa shape index (κ3) is 3.55. The molecule has 5 heteroatoms. The first kappa shape index (κ1) is 14.8. The second-order valence-corrected chi connectivity index (χ2v) is 6.34. The van der Waals surface area contributed by atoms with E-state index in [1.165, 1.54) is 18.4 Å². The molecule has 1 saturated carbocycles. The van der Waals surface area contributed by atoms with E-state index in [4.69, 9.17) is 10.6 Å². The molecule has 3 N–H and O–H groups in total. The molecule has 1 saturated heterocycles. The van der Waals surface area contributed by atoms with Gasteiger partial charge in [-0.25, -0.2) is 0 Å². The first-order valence-electron chi connectivity index (χ1n) is 7.79. The van der Waals surface area contributed by atoms with E-state index in [1.54, 1.807) is 0 Å². The highest BCUT2D eigenvalue weighted by molar-refractivity contribution is 5.32.